The van der Waals surface area contributed by atoms with Crippen LogP contribution in [0.15, 0.2) is 0 Å². The maximum absolute atomic E-state index is 9.28. The van der Waals surface area contributed by atoms with Crippen LogP contribution in [0.2, 0.25) is 0 Å². The third-order valence-corrected chi connectivity index (χ3v) is 1.66. The topological polar surface area (TPSA) is 66.5 Å². The lowest BCUT2D eigenvalue weighted by atomic mass is 9.99. The van der Waals surface area contributed by atoms with E-state index in [-0.39, 0.29) is 12.6 Å². The molecule has 11 heavy (non-hydrogen) atoms. The Labute approximate surface area is 68.2 Å². The van der Waals surface area contributed by atoms with E-state index in [0.29, 0.717) is 12.3 Å². The van der Waals surface area contributed by atoms with Crippen molar-refractivity contribution in [2.24, 2.45) is 11.7 Å². The average molecular weight is 161 g/mol. The number of hydrogen-bond acceptors (Lipinski definition) is 3. The van der Waals surface area contributed by atoms with Gasteiger partial charge in [0.1, 0.15) is 0 Å². The lowest BCUT2D eigenvalue weighted by Gasteiger charge is -2.19. The Bertz CT molecular complexity index is 96.1. The highest BCUT2D eigenvalue weighted by Crippen LogP contribution is 2.07. The third-order valence-electron chi connectivity index (χ3n) is 1.66. The summed E-state index contributed by atoms with van der Waals surface area (Å²) in [6.45, 7) is 4.13. The van der Waals surface area contributed by atoms with Crippen molar-refractivity contribution in [3.63, 3.8) is 0 Å². The van der Waals surface area contributed by atoms with Crippen LogP contribution in [0.3, 0.4) is 0 Å². The molecule has 0 aliphatic rings. The van der Waals surface area contributed by atoms with Crippen LogP contribution in [-0.4, -0.2) is 29.0 Å². The Morgan fingerprint density at radius 2 is 1.91 bits per heavy atom. The van der Waals surface area contributed by atoms with Crippen LogP contribution in [-0.2, 0) is 0 Å². The summed E-state index contributed by atoms with van der Waals surface area (Å²) in [5.74, 6) is 0.498. The molecule has 0 heterocycles. The molecule has 0 amide bonds. The van der Waals surface area contributed by atoms with Crippen molar-refractivity contribution in [1.82, 2.24) is 0 Å². The molecule has 2 atom stereocenters. The second-order valence-corrected chi connectivity index (χ2v) is 3.37. The van der Waals surface area contributed by atoms with Crippen LogP contribution in [0.25, 0.3) is 0 Å². The molecule has 3 heteroatoms. The molecule has 0 aliphatic heterocycles. The second kappa shape index (κ2) is 5.52. The van der Waals surface area contributed by atoms with E-state index >= 15 is 0 Å². The Morgan fingerprint density at radius 1 is 1.36 bits per heavy atom. The van der Waals surface area contributed by atoms with E-state index in [2.05, 4.69) is 13.8 Å². The molecule has 0 radical (unpaired) electrons. The predicted molar refractivity (Wildman–Crippen MR) is 45.1 cm³/mol. The summed E-state index contributed by atoms with van der Waals surface area (Å²) < 4.78 is 0. The summed E-state index contributed by atoms with van der Waals surface area (Å²) in [6.07, 6.45) is 0.636. The van der Waals surface area contributed by atoms with Crippen LogP contribution < -0.4 is 5.73 Å². The lowest BCUT2D eigenvalue weighted by Crippen LogP contribution is -2.36. The molecule has 0 aromatic heterocycles. The first-order valence-electron chi connectivity index (χ1n) is 4.12. The molecule has 4 N–H and O–H groups in total. The molecule has 0 aromatic carbocycles. The molecule has 0 bridgehead atoms. The molecule has 0 saturated heterocycles. The highest BCUT2D eigenvalue weighted by molar-refractivity contribution is 4.72. The van der Waals surface area contributed by atoms with Gasteiger partial charge in [-0.3, -0.25) is 0 Å². The predicted octanol–water partition coefficient (Wildman–Crippen LogP) is 0.103. The Hall–Kier alpha value is -0.120. The van der Waals surface area contributed by atoms with Crippen molar-refractivity contribution >= 4 is 0 Å². The number of aliphatic hydroxyl groups excluding tert-OH is 2. The largest absolute Gasteiger partial charge is 0.396 e. The molecule has 0 spiro atoms. The van der Waals surface area contributed by atoms with Gasteiger partial charge in [-0.2, -0.15) is 0 Å². The van der Waals surface area contributed by atoms with Crippen molar-refractivity contribution in [3.8, 4) is 0 Å². The van der Waals surface area contributed by atoms with E-state index in [0.717, 1.165) is 6.42 Å². The van der Waals surface area contributed by atoms with Gasteiger partial charge in [-0.1, -0.05) is 13.8 Å². The number of nitrogens with two attached hydrogens (primary N) is 1. The highest BCUT2D eigenvalue weighted by atomic mass is 16.3. The first-order chi connectivity index (χ1) is 5.07. The summed E-state index contributed by atoms with van der Waals surface area (Å²) in [5, 5.41) is 17.8. The third kappa shape index (κ3) is 5.18. The summed E-state index contributed by atoms with van der Waals surface area (Å²) in [4.78, 5) is 0. The zero-order valence-corrected chi connectivity index (χ0v) is 7.33. The molecule has 3 nitrogen and oxygen atoms in total. The first-order valence-corrected chi connectivity index (χ1v) is 4.12. The van der Waals surface area contributed by atoms with Crippen LogP contribution >= 0.6 is 0 Å². The van der Waals surface area contributed by atoms with Gasteiger partial charge < -0.3 is 15.9 Å². The van der Waals surface area contributed by atoms with E-state index in [1.165, 1.54) is 0 Å². The second-order valence-electron chi connectivity index (χ2n) is 3.37. The fourth-order valence-electron chi connectivity index (χ4n) is 1.05. The zero-order valence-electron chi connectivity index (χ0n) is 7.33. The molecule has 68 valence electrons. The molecule has 0 fully saturated rings. The molecule has 2 unspecified atom stereocenters. The van der Waals surface area contributed by atoms with Gasteiger partial charge in [-0.15, -0.1) is 0 Å². The maximum Gasteiger partial charge on any atom is 0.0713 e. The standard InChI is InChI=1S/C8H19NO2/c1-6(2)5-7(9)8(11)3-4-10/h6-8,10-11H,3-5,9H2,1-2H3. The Balaban J connectivity index is 3.54. The summed E-state index contributed by atoms with van der Waals surface area (Å²) in [7, 11) is 0. The first kappa shape index (κ1) is 10.9. The van der Waals surface area contributed by atoms with Crippen LogP contribution in [0, 0.1) is 5.92 Å². The average Bonchev–Trinajstić information content (AvgIpc) is 1.86. The highest BCUT2D eigenvalue weighted by Gasteiger charge is 2.14. The van der Waals surface area contributed by atoms with Gasteiger partial charge in [-0.25, -0.2) is 0 Å². The molecule has 0 saturated carbocycles. The van der Waals surface area contributed by atoms with Gasteiger partial charge in [0.05, 0.1) is 6.10 Å². The number of hydrogen-bond donors (Lipinski definition) is 3. The lowest BCUT2D eigenvalue weighted by molar-refractivity contribution is 0.102. The summed E-state index contributed by atoms with van der Waals surface area (Å²) in [6, 6.07) is -0.192. The normalized spacial score (nSPS) is 16.9. The van der Waals surface area contributed by atoms with E-state index < -0.39 is 6.10 Å². The fraction of sp³-hybridized carbons (Fsp3) is 1.00. The Morgan fingerprint density at radius 3 is 2.27 bits per heavy atom. The minimum atomic E-state index is -0.553. The van der Waals surface area contributed by atoms with Crippen molar-refractivity contribution in [2.75, 3.05) is 6.61 Å². The number of aliphatic hydroxyl groups is 2. The molecular weight excluding hydrogens is 142 g/mol. The summed E-state index contributed by atoms with van der Waals surface area (Å²) in [5.41, 5.74) is 5.64. The van der Waals surface area contributed by atoms with Gasteiger partial charge in [0.2, 0.25) is 0 Å². The monoisotopic (exact) mass is 161 g/mol. The van der Waals surface area contributed by atoms with Crippen LogP contribution in [0.5, 0.6) is 0 Å². The van der Waals surface area contributed by atoms with Crippen LogP contribution in [0.4, 0.5) is 0 Å². The van der Waals surface area contributed by atoms with Crippen molar-refractivity contribution < 1.29 is 10.2 Å². The minimum Gasteiger partial charge on any atom is -0.396 e. The van der Waals surface area contributed by atoms with Crippen molar-refractivity contribution in [1.29, 1.82) is 0 Å². The number of rotatable bonds is 5. The van der Waals surface area contributed by atoms with Crippen molar-refractivity contribution in [3.05, 3.63) is 0 Å². The van der Waals surface area contributed by atoms with E-state index in [1.54, 1.807) is 0 Å². The molecule has 0 rings (SSSR count). The Kier molecular flexibility index (Phi) is 5.46. The molecule has 0 aliphatic carbocycles. The zero-order chi connectivity index (χ0) is 8.85. The van der Waals surface area contributed by atoms with Crippen molar-refractivity contribution in [2.45, 2.75) is 38.8 Å². The maximum atomic E-state index is 9.28. The fourth-order valence-corrected chi connectivity index (χ4v) is 1.05. The van der Waals surface area contributed by atoms with Gasteiger partial charge in [0.15, 0.2) is 0 Å². The van der Waals surface area contributed by atoms with Gasteiger partial charge in [0, 0.05) is 12.6 Å². The van der Waals surface area contributed by atoms with Crippen LogP contribution in [0.1, 0.15) is 26.7 Å². The smallest absolute Gasteiger partial charge is 0.0713 e. The van der Waals surface area contributed by atoms with E-state index in [4.69, 9.17) is 10.8 Å². The van der Waals surface area contributed by atoms with E-state index in [1.807, 2.05) is 0 Å². The van der Waals surface area contributed by atoms with Gasteiger partial charge in [0.25, 0.3) is 0 Å². The minimum absolute atomic E-state index is 0.00691. The molecular formula is C8H19NO2. The van der Waals surface area contributed by atoms with Gasteiger partial charge >= 0.3 is 0 Å². The summed E-state index contributed by atoms with van der Waals surface area (Å²) >= 11 is 0. The molecule has 0 aromatic rings. The quantitative estimate of drug-likeness (QED) is 0.536. The van der Waals surface area contributed by atoms with E-state index in [9.17, 15) is 5.11 Å². The SMILES string of the molecule is CC(C)CC(N)C(O)CCO. The van der Waals surface area contributed by atoms with Gasteiger partial charge in [-0.05, 0) is 18.8 Å².